The minimum absolute atomic E-state index is 0.101. The summed E-state index contributed by atoms with van der Waals surface area (Å²) in [6.07, 6.45) is 0.670. The maximum atomic E-state index is 14.5. The molecule has 0 bridgehead atoms. The topological polar surface area (TPSA) is 75.7 Å². The molecule has 162 valence electrons. The number of hydrogen-bond acceptors (Lipinski definition) is 4. The number of morpholine rings is 1. The average Bonchev–Trinajstić information content (AvgIpc) is 2.74. The van der Waals surface area contributed by atoms with E-state index in [0.29, 0.717) is 25.6 Å². The first kappa shape index (κ1) is 22.4. The third-order valence-electron chi connectivity index (χ3n) is 5.00. The van der Waals surface area contributed by atoms with Gasteiger partial charge in [-0.05, 0) is 36.1 Å². The number of benzene rings is 2. The summed E-state index contributed by atoms with van der Waals surface area (Å²) < 4.78 is 46.7. The maximum Gasteiger partial charge on any atom is 0.254 e. The van der Waals surface area contributed by atoms with Crippen LogP contribution in [0, 0.1) is 11.7 Å². The summed E-state index contributed by atoms with van der Waals surface area (Å²) in [7, 11) is -3.83. The van der Waals surface area contributed by atoms with Crippen molar-refractivity contribution in [2.24, 2.45) is 5.92 Å². The van der Waals surface area contributed by atoms with Crippen molar-refractivity contribution in [2.75, 3.05) is 26.3 Å². The van der Waals surface area contributed by atoms with Crippen LogP contribution in [-0.2, 0) is 14.8 Å². The van der Waals surface area contributed by atoms with Gasteiger partial charge in [-0.25, -0.2) is 12.8 Å². The van der Waals surface area contributed by atoms with Crippen molar-refractivity contribution in [2.45, 2.75) is 31.2 Å². The summed E-state index contributed by atoms with van der Waals surface area (Å²) >= 11 is 0. The normalized spacial score (nSPS) is 16.4. The summed E-state index contributed by atoms with van der Waals surface area (Å²) in [6, 6.07) is 12.5. The van der Waals surface area contributed by atoms with Gasteiger partial charge in [0.2, 0.25) is 10.0 Å². The standard InChI is InChI=1S/C22H27FN2O4S/c1-16(2)14-21(17-6-4-3-5-7-17)24-22(26)19-15-18(8-9-20(19)23)30(27,28)25-10-12-29-13-11-25/h3-9,15-16,21H,10-14H2,1-2H3,(H,24,26). The van der Waals surface area contributed by atoms with Crippen molar-refractivity contribution in [1.82, 2.24) is 9.62 Å². The molecule has 0 aliphatic carbocycles. The second kappa shape index (κ2) is 9.68. The molecule has 1 N–H and O–H groups in total. The van der Waals surface area contributed by atoms with Crippen LogP contribution < -0.4 is 5.32 Å². The lowest BCUT2D eigenvalue weighted by molar-refractivity contribution is 0.0730. The predicted octanol–water partition coefficient (Wildman–Crippen LogP) is 3.36. The Hall–Kier alpha value is -2.29. The fourth-order valence-corrected chi connectivity index (χ4v) is 4.88. The highest BCUT2D eigenvalue weighted by Gasteiger charge is 2.28. The van der Waals surface area contributed by atoms with Crippen molar-refractivity contribution < 1.29 is 22.3 Å². The van der Waals surface area contributed by atoms with Crippen LogP contribution in [-0.4, -0.2) is 44.9 Å². The Morgan fingerprint density at radius 2 is 1.80 bits per heavy atom. The van der Waals surface area contributed by atoms with Crippen LogP contribution in [0.4, 0.5) is 4.39 Å². The molecule has 0 saturated carbocycles. The van der Waals surface area contributed by atoms with Crippen molar-refractivity contribution >= 4 is 15.9 Å². The van der Waals surface area contributed by atoms with E-state index >= 15 is 0 Å². The number of nitrogens with one attached hydrogen (secondary N) is 1. The van der Waals surface area contributed by atoms with Gasteiger partial charge in [0.15, 0.2) is 0 Å². The van der Waals surface area contributed by atoms with Crippen LogP contribution in [0.3, 0.4) is 0 Å². The molecule has 1 aliphatic rings. The molecule has 30 heavy (non-hydrogen) atoms. The Morgan fingerprint density at radius 1 is 1.13 bits per heavy atom. The summed E-state index contributed by atoms with van der Waals surface area (Å²) in [5, 5.41) is 2.87. The summed E-state index contributed by atoms with van der Waals surface area (Å²) in [4.78, 5) is 12.8. The van der Waals surface area contributed by atoms with Crippen LogP contribution in [0.2, 0.25) is 0 Å². The summed E-state index contributed by atoms with van der Waals surface area (Å²) in [6.45, 7) is 5.15. The molecule has 1 saturated heterocycles. The van der Waals surface area contributed by atoms with E-state index in [-0.39, 0.29) is 29.6 Å². The third-order valence-corrected chi connectivity index (χ3v) is 6.90. The van der Waals surface area contributed by atoms with Gasteiger partial charge < -0.3 is 10.1 Å². The molecule has 1 heterocycles. The number of nitrogens with zero attached hydrogens (tertiary/aromatic N) is 1. The molecule has 0 aromatic heterocycles. The zero-order valence-electron chi connectivity index (χ0n) is 17.2. The number of carbonyl (C=O) groups excluding carboxylic acids is 1. The smallest absolute Gasteiger partial charge is 0.254 e. The van der Waals surface area contributed by atoms with E-state index in [1.54, 1.807) is 0 Å². The van der Waals surface area contributed by atoms with Crippen molar-refractivity contribution in [3.63, 3.8) is 0 Å². The molecule has 3 rings (SSSR count). The fourth-order valence-electron chi connectivity index (χ4n) is 3.45. The Morgan fingerprint density at radius 3 is 2.43 bits per heavy atom. The molecular weight excluding hydrogens is 407 g/mol. The number of rotatable bonds is 7. The number of ether oxygens (including phenoxy) is 1. The van der Waals surface area contributed by atoms with Gasteiger partial charge in [-0.3, -0.25) is 4.79 Å². The molecule has 1 aliphatic heterocycles. The average molecular weight is 435 g/mol. The van der Waals surface area contributed by atoms with E-state index in [2.05, 4.69) is 5.32 Å². The van der Waals surface area contributed by atoms with E-state index in [1.165, 1.54) is 10.4 Å². The lowest BCUT2D eigenvalue weighted by Crippen LogP contribution is -2.40. The van der Waals surface area contributed by atoms with Crippen LogP contribution in [0.1, 0.15) is 42.2 Å². The number of carbonyl (C=O) groups is 1. The first-order chi connectivity index (χ1) is 14.3. The Kier molecular flexibility index (Phi) is 7.23. The van der Waals surface area contributed by atoms with Crippen LogP contribution >= 0.6 is 0 Å². The number of sulfonamides is 1. The Balaban J connectivity index is 1.87. The first-order valence-electron chi connectivity index (χ1n) is 10.0. The molecule has 1 fully saturated rings. The summed E-state index contributed by atoms with van der Waals surface area (Å²) in [5.74, 6) is -1.10. The molecule has 1 atom stereocenters. The van der Waals surface area contributed by atoms with Gasteiger partial charge in [-0.2, -0.15) is 4.31 Å². The van der Waals surface area contributed by atoms with Gasteiger partial charge in [-0.15, -0.1) is 0 Å². The quantitative estimate of drug-likeness (QED) is 0.725. The minimum Gasteiger partial charge on any atom is -0.379 e. The van der Waals surface area contributed by atoms with Crippen molar-refractivity contribution in [3.05, 3.63) is 65.5 Å². The number of hydrogen-bond donors (Lipinski definition) is 1. The van der Waals surface area contributed by atoms with Crippen LogP contribution in [0.25, 0.3) is 0 Å². The lowest BCUT2D eigenvalue weighted by Gasteiger charge is -2.26. The molecule has 8 heteroatoms. The van der Waals surface area contributed by atoms with E-state index < -0.39 is 21.7 Å². The van der Waals surface area contributed by atoms with Crippen molar-refractivity contribution in [3.8, 4) is 0 Å². The monoisotopic (exact) mass is 434 g/mol. The highest BCUT2D eigenvalue weighted by Crippen LogP contribution is 2.24. The molecule has 1 amide bonds. The lowest BCUT2D eigenvalue weighted by atomic mass is 9.96. The summed E-state index contributed by atoms with van der Waals surface area (Å²) in [5.41, 5.74) is 0.631. The zero-order valence-corrected chi connectivity index (χ0v) is 18.0. The second-order valence-corrected chi connectivity index (χ2v) is 9.66. The largest absolute Gasteiger partial charge is 0.379 e. The Labute approximate surface area is 177 Å². The van der Waals surface area contributed by atoms with Gasteiger partial charge in [0.05, 0.1) is 29.7 Å². The van der Waals surface area contributed by atoms with E-state index in [4.69, 9.17) is 4.74 Å². The minimum atomic E-state index is -3.83. The van der Waals surface area contributed by atoms with E-state index in [0.717, 1.165) is 17.7 Å². The molecule has 0 radical (unpaired) electrons. The highest BCUT2D eigenvalue weighted by atomic mass is 32.2. The van der Waals surface area contributed by atoms with Crippen LogP contribution in [0.15, 0.2) is 53.4 Å². The first-order valence-corrected chi connectivity index (χ1v) is 11.5. The fraction of sp³-hybridized carbons (Fsp3) is 0.409. The second-order valence-electron chi connectivity index (χ2n) is 7.72. The zero-order chi connectivity index (χ0) is 21.7. The van der Waals surface area contributed by atoms with Gasteiger partial charge in [0.25, 0.3) is 5.91 Å². The van der Waals surface area contributed by atoms with E-state index in [9.17, 15) is 17.6 Å². The van der Waals surface area contributed by atoms with Gasteiger partial charge in [0, 0.05) is 13.1 Å². The molecule has 2 aromatic rings. The van der Waals surface area contributed by atoms with Gasteiger partial charge in [0.1, 0.15) is 5.82 Å². The molecule has 1 unspecified atom stereocenters. The number of amides is 1. The highest BCUT2D eigenvalue weighted by molar-refractivity contribution is 7.89. The predicted molar refractivity (Wildman–Crippen MR) is 112 cm³/mol. The third kappa shape index (κ3) is 5.24. The van der Waals surface area contributed by atoms with Gasteiger partial charge in [-0.1, -0.05) is 44.2 Å². The Bertz CT molecular complexity index is 974. The molecule has 0 spiro atoms. The van der Waals surface area contributed by atoms with Crippen LogP contribution in [0.5, 0.6) is 0 Å². The van der Waals surface area contributed by atoms with E-state index in [1.807, 2.05) is 44.2 Å². The molecule has 2 aromatic carbocycles. The van der Waals surface area contributed by atoms with Crippen molar-refractivity contribution in [1.29, 1.82) is 0 Å². The van der Waals surface area contributed by atoms with Gasteiger partial charge >= 0.3 is 0 Å². The molecular formula is C22H27FN2O4S. The SMILES string of the molecule is CC(C)CC(NC(=O)c1cc(S(=O)(=O)N2CCOCC2)ccc1F)c1ccccc1. The number of halogens is 1. The maximum absolute atomic E-state index is 14.5. The molecule has 6 nitrogen and oxygen atoms in total.